The third kappa shape index (κ3) is 3.18. The van der Waals surface area contributed by atoms with Crippen molar-refractivity contribution in [3.63, 3.8) is 0 Å². The van der Waals surface area contributed by atoms with Gasteiger partial charge in [0.05, 0.1) is 6.61 Å². The third-order valence-corrected chi connectivity index (χ3v) is 1.71. The van der Waals surface area contributed by atoms with Crippen LogP contribution in [0.25, 0.3) is 0 Å². The molecule has 0 radical (unpaired) electrons. The molecule has 1 aromatic heterocycles. The summed E-state index contributed by atoms with van der Waals surface area (Å²) in [5, 5.41) is 0. The predicted octanol–water partition coefficient (Wildman–Crippen LogP) is 1.25. The number of unbranched alkanes of at least 4 members (excludes halogenated alkanes) is 1. The zero-order valence-electron chi connectivity index (χ0n) is 8.58. The maximum atomic E-state index is 5.42. The Balaban J connectivity index is 2.62. The average molecular weight is 196 g/mol. The van der Waals surface area contributed by atoms with Gasteiger partial charge in [0.25, 0.3) is 0 Å². The van der Waals surface area contributed by atoms with Gasteiger partial charge in [-0.05, 0) is 13.3 Å². The molecule has 0 aliphatic rings. The molecule has 1 heterocycles. The molecule has 14 heavy (non-hydrogen) atoms. The van der Waals surface area contributed by atoms with E-state index in [4.69, 9.17) is 10.6 Å². The summed E-state index contributed by atoms with van der Waals surface area (Å²) >= 11 is 0. The van der Waals surface area contributed by atoms with Crippen LogP contribution in [-0.2, 0) is 0 Å². The monoisotopic (exact) mass is 196 g/mol. The predicted molar refractivity (Wildman–Crippen MR) is 55.0 cm³/mol. The van der Waals surface area contributed by atoms with E-state index in [-0.39, 0.29) is 0 Å². The van der Waals surface area contributed by atoms with Gasteiger partial charge in [0.2, 0.25) is 11.8 Å². The molecular weight excluding hydrogens is 180 g/mol. The second-order valence-corrected chi connectivity index (χ2v) is 3.02. The van der Waals surface area contributed by atoms with E-state index in [1.807, 2.05) is 6.92 Å². The van der Waals surface area contributed by atoms with Crippen LogP contribution in [0.2, 0.25) is 0 Å². The van der Waals surface area contributed by atoms with E-state index in [1.165, 1.54) is 0 Å². The summed E-state index contributed by atoms with van der Waals surface area (Å²) in [6.45, 7) is 4.66. The molecule has 0 aliphatic heterocycles. The highest BCUT2D eigenvalue weighted by molar-refractivity contribution is 5.28. The first-order valence-electron chi connectivity index (χ1n) is 4.71. The Hall–Kier alpha value is -1.36. The summed E-state index contributed by atoms with van der Waals surface area (Å²) in [5.41, 5.74) is 3.23. The van der Waals surface area contributed by atoms with Gasteiger partial charge in [0.1, 0.15) is 0 Å². The van der Waals surface area contributed by atoms with Crippen molar-refractivity contribution in [3.8, 4) is 5.88 Å². The lowest BCUT2D eigenvalue weighted by molar-refractivity contribution is 0.297. The first-order valence-corrected chi connectivity index (χ1v) is 4.71. The summed E-state index contributed by atoms with van der Waals surface area (Å²) in [6, 6.07) is 1.79. The number of rotatable bonds is 5. The molecule has 0 aromatic carbocycles. The zero-order valence-corrected chi connectivity index (χ0v) is 8.58. The number of hydrogen-bond donors (Lipinski definition) is 2. The van der Waals surface area contributed by atoms with Crippen molar-refractivity contribution >= 4 is 5.95 Å². The van der Waals surface area contributed by atoms with Gasteiger partial charge in [-0.2, -0.15) is 4.98 Å². The van der Waals surface area contributed by atoms with Gasteiger partial charge >= 0.3 is 0 Å². The van der Waals surface area contributed by atoms with E-state index >= 15 is 0 Å². The Bertz CT molecular complexity index is 290. The van der Waals surface area contributed by atoms with Gasteiger partial charge in [-0.15, -0.1) is 0 Å². The minimum absolute atomic E-state index is 0.386. The van der Waals surface area contributed by atoms with Gasteiger partial charge in [-0.3, -0.25) is 5.43 Å². The van der Waals surface area contributed by atoms with E-state index in [0.717, 1.165) is 18.5 Å². The van der Waals surface area contributed by atoms with Gasteiger partial charge in [-0.1, -0.05) is 13.3 Å². The van der Waals surface area contributed by atoms with Crippen molar-refractivity contribution < 1.29 is 4.74 Å². The van der Waals surface area contributed by atoms with Crippen LogP contribution in [0, 0.1) is 6.92 Å². The number of nitrogens with one attached hydrogen (secondary N) is 1. The number of ether oxygens (including phenoxy) is 1. The second-order valence-electron chi connectivity index (χ2n) is 3.02. The van der Waals surface area contributed by atoms with Crippen LogP contribution < -0.4 is 16.0 Å². The largest absolute Gasteiger partial charge is 0.478 e. The van der Waals surface area contributed by atoms with Crippen LogP contribution in [0.4, 0.5) is 5.95 Å². The zero-order chi connectivity index (χ0) is 10.4. The van der Waals surface area contributed by atoms with E-state index in [9.17, 15) is 0 Å². The van der Waals surface area contributed by atoms with Crippen LogP contribution >= 0.6 is 0 Å². The maximum absolute atomic E-state index is 5.42. The van der Waals surface area contributed by atoms with Crippen LogP contribution in [0.5, 0.6) is 5.88 Å². The average Bonchev–Trinajstić information content (AvgIpc) is 2.17. The molecular formula is C9H16N4O. The first-order chi connectivity index (χ1) is 6.76. The molecule has 0 saturated carbocycles. The Morgan fingerprint density at radius 1 is 1.50 bits per heavy atom. The number of aromatic nitrogens is 2. The number of aryl methyl sites for hydroxylation is 1. The third-order valence-electron chi connectivity index (χ3n) is 1.71. The number of anilines is 1. The van der Waals surface area contributed by atoms with Crippen LogP contribution in [0.3, 0.4) is 0 Å². The maximum Gasteiger partial charge on any atom is 0.240 e. The molecule has 0 fully saturated rings. The fraction of sp³-hybridized carbons (Fsp3) is 0.556. The lowest BCUT2D eigenvalue weighted by atomic mass is 10.4. The van der Waals surface area contributed by atoms with Crippen molar-refractivity contribution in [2.24, 2.45) is 5.84 Å². The molecule has 0 atom stereocenters. The Morgan fingerprint density at radius 3 is 2.93 bits per heavy atom. The highest BCUT2D eigenvalue weighted by Crippen LogP contribution is 2.11. The highest BCUT2D eigenvalue weighted by Gasteiger charge is 2.00. The van der Waals surface area contributed by atoms with Crippen LogP contribution in [-0.4, -0.2) is 16.6 Å². The minimum atomic E-state index is 0.386. The molecule has 0 bridgehead atoms. The molecule has 0 aliphatic carbocycles. The van der Waals surface area contributed by atoms with Crippen LogP contribution in [0.1, 0.15) is 25.5 Å². The van der Waals surface area contributed by atoms with Gasteiger partial charge in [0.15, 0.2) is 0 Å². The summed E-state index contributed by atoms with van der Waals surface area (Å²) in [6.07, 6.45) is 2.13. The Morgan fingerprint density at radius 2 is 2.29 bits per heavy atom. The molecule has 5 heteroatoms. The molecule has 78 valence electrons. The number of nitrogens with two attached hydrogens (primary N) is 1. The molecule has 0 unspecified atom stereocenters. The Kier molecular flexibility index (Phi) is 4.12. The normalized spacial score (nSPS) is 9.93. The van der Waals surface area contributed by atoms with Gasteiger partial charge in [-0.25, -0.2) is 10.8 Å². The SMILES string of the molecule is CCCCOc1cc(C)nc(NN)n1. The number of nitrogens with zero attached hydrogens (tertiary/aromatic N) is 2. The molecule has 1 rings (SSSR count). The number of nitrogen functional groups attached to an aromatic ring is 1. The lowest BCUT2D eigenvalue weighted by Crippen LogP contribution is -2.12. The van der Waals surface area contributed by atoms with Crippen molar-refractivity contribution in [1.29, 1.82) is 0 Å². The molecule has 5 nitrogen and oxygen atoms in total. The van der Waals surface area contributed by atoms with Gasteiger partial charge < -0.3 is 4.74 Å². The summed E-state index contributed by atoms with van der Waals surface area (Å²) in [4.78, 5) is 8.11. The lowest BCUT2D eigenvalue weighted by Gasteiger charge is -2.06. The number of hydrazine groups is 1. The molecule has 0 amide bonds. The summed E-state index contributed by atoms with van der Waals surface area (Å²) in [5.74, 6) is 6.17. The van der Waals surface area contributed by atoms with Crippen molar-refractivity contribution in [2.45, 2.75) is 26.7 Å². The molecule has 3 N–H and O–H groups in total. The molecule has 0 saturated heterocycles. The van der Waals surface area contributed by atoms with E-state index in [2.05, 4.69) is 22.3 Å². The smallest absolute Gasteiger partial charge is 0.240 e. The Labute approximate surface area is 83.7 Å². The van der Waals surface area contributed by atoms with E-state index in [0.29, 0.717) is 18.4 Å². The molecule has 1 aromatic rings. The van der Waals surface area contributed by atoms with Crippen LogP contribution in [0.15, 0.2) is 6.07 Å². The topological polar surface area (TPSA) is 73.1 Å². The highest BCUT2D eigenvalue weighted by atomic mass is 16.5. The van der Waals surface area contributed by atoms with E-state index < -0.39 is 0 Å². The molecule has 0 spiro atoms. The first kappa shape index (κ1) is 10.7. The van der Waals surface area contributed by atoms with Crippen molar-refractivity contribution in [3.05, 3.63) is 11.8 Å². The van der Waals surface area contributed by atoms with Crippen molar-refractivity contribution in [2.75, 3.05) is 12.0 Å². The number of hydrogen-bond acceptors (Lipinski definition) is 5. The minimum Gasteiger partial charge on any atom is -0.478 e. The summed E-state index contributed by atoms with van der Waals surface area (Å²) < 4.78 is 5.42. The van der Waals surface area contributed by atoms with E-state index in [1.54, 1.807) is 6.07 Å². The summed E-state index contributed by atoms with van der Waals surface area (Å²) in [7, 11) is 0. The van der Waals surface area contributed by atoms with Crippen molar-refractivity contribution in [1.82, 2.24) is 9.97 Å². The fourth-order valence-electron chi connectivity index (χ4n) is 0.999. The standard InChI is InChI=1S/C9H16N4O/c1-3-4-5-14-8-6-7(2)11-9(12-8)13-10/h6H,3-5,10H2,1-2H3,(H,11,12,13). The fourth-order valence-corrected chi connectivity index (χ4v) is 0.999. The second kappa shape index (κ2) is 5.39. The van der Waals surface area contributed by atoms with Gasteiger partial charge in [0, 0.05) is 11.8 Å². The quantitative estimate of drug-likeness (QED) is 0.421.